The van der Waals surface area contributed by atoms with Crippen LogP contribution in [0.3, 0.4) is 0 Å². The number of nitrogens with one attached hydrogen (secondary N) is 1. The number of amides is 2. The molecular weight excluding hydrogens is 574 g/mol. The van der Waals surface area contributed by atoms with E-state index in [-0.39, 0.29) is 11.6 Å². The molecule has 2 aliphatic rings. The molecule has 12 heteroatoms. The molecule has 2 fully saturated rings. The maximum Gasteiger partial charge on any atom is 0.339 e. The van der Waals surface area contributed by atoms with Crippen molar-refractivity contribution >= 4 is 34.3 Å². The number of carbonyl (C=O) groups excluding carboxylic acids is 1. The van der Waals surface area contributed by atoms with E-state index in [9.17, 15) is 14.7 Å². The number of fused-ring (bicyclic) bond motifs is 1. The van der Waals surface area contributed by atoms with E-state index in [1.807, 2.05) is 24.0 Å². The fraction of sp³-hybridized carbons (Fsp3) is 0.455. The van der Waals surface area contributed by atoms with Gasteiger partial charge in [0.25, 0.3) is 0 Å². The first-order chi connectivity index (χ1) is 21.8. The van der Waals surface area contributed by atoms with E-state index in [1.165, 1.54) is 0 Å². The molecule has 238 valence electrons. The summed E-state index contributed by atoms with van der Waals surface area (Å²) in [4.78, 5) is 38.9. The van der Waals surface area contributed by atoms with Crippen LogP contribution in [-0.4, -0.2) is 116 Å². The number of rotatable bonds is 10. The summed E-state index contributed by atoms with van der Waals surface area (Å²) >= 11 is 0. The lowest BCUT2D eigenvalue weighted by Crippen LogP contribution is -2.50. The standard InChI is InChI=1S/C33H41N7O5/c1-4-26-30(32(41)42)31(39-15-17-40(18-16-39)33(43)35-24-8-6-23(22-34)7-9-24)25-20-28(44-3)29(21-27(25)36-26)45-19-5-10-38-13-11-37(2)12-14-38/h6-9,20-21H,4-5,10-19H2,1-3H3,(H,35,43)(H,41,42). The Hall–Kier alpha value is -4.60. The van der Waals surface area contributed by atoms with Crippen LogP contribution >= 0.6 is 0 Å². The molecule has 0 aliphatic carbocycles. The molecule has 2 saturated heterocycles. The smallest absolute Gasteiger partial charge is 0.339 e. The average Bonchev–Trinajstić information content (AvgIpc) is 3.06. The van der Waals surface area contributed by atoms with Gasteiger partial charge in [-0.2, -0.15) is 5.26 Å². The van der Waals surface area contributed by atoms with Crippen molar-refractivity contribution in [1.82, 2.24) is 19.7 Å². The number of carboxylic acid groups (broad SMARTS) is 1. The number of aromatic carboxylic acids is 1. The van der Waals surface area contributed by atoms with Crippen molar-refractivity contribution < 1.29 is 24.2 Å². The Balaban J connectivity index is 1.34. The number of carboxylic acids is 1. The van der Waals surface area contributed by atoms with Gasteiger partial charge in [0.05, 0.1) is 42.2 Å². The third-order valence-electron chi connectivity index (χ3n) is 8.49. The van der Waals surface area contributed by atoms with Crippen LogP contribution in [0.15, 0.2) is 36.4 Å². The van der Waals surface area contributed by atoms with Crippen LogP contribution in [0.25, 0.3) is 10.9 Å². The van der Waals surface area contributed by atoms with Gasteiger partial charge < -0.3 is 39.5 Å². The summed E-state index contributed by atoms with van der Waals surface area (Å²) in [5.41, 5.74) is 3.01. The van der Waals surface area contributed by atoms with Crippen LogP contribution < -0.4 is 19.7 Å². The topological polar surface area (TPSA) is 134 Å². The number of benzene rings is 2. The zero-order valence-electron chi connectivity index (χ0n) is 26.2. The summed E-state index contributed by atoms with van der Waals surface area (Å²) in [6.45, 7) is 9.34. The quantitative estimate of drug-likeness (QED) is 0.325. The van der Waals surface area contributed by atoms with Crippen LogP contribution in [0.4, 0.5) is 16.2 Å². The van der Waals surface area contributed by atoms with Crippen LogP contribution in [0.5, 0.6) is 11.5 Å². The van der Waals surface area contributed by atoms with Gasteiger partial charge in [-0.05, 0) is 50.2 Å². The number of aryl methyl sites for hydroxylation is 1. The average molecular weight is 616 g/mol. The minimum Gasteiger partial charge on any atom is -0.493 e. The second kappa shape index (κ2) is 14.5. The number of nitriles is 1. The van der Waals surface area contributed by atoms with Crippen molar-refractivity contribution in [3.8, 4) is 17.6 Å². The Morgan fingerprint density at radius 1 is 1.02 bits per heavy atom. The molecular formula is C33H41N7O5. The number of hydrogen-bond donors (Lipinski definition) is 2. The van der Waals surface area contributed by atoms with Gasteiger partial charge in [0.2, 0.25) is 0 Å². The van der Waals surface area contributed by atoms with E-state index >= 15 is 0 Å². The molecule has 5 rings (SSSR count). The van der Waals surface area contributed by atoms with E-state index in [2.05, 4.69) is 28.2 Å². The predicted molar refractivity (Wildman–Crippen MR) is 173 cm³/mol. The molecule has 2 amide bonds. The summed E-state index contributed by atoms with van der Waals surface area (Å²) < 4.78 is 11.9. The molecule has 0 atom stereocenters. The number of hydrogen-bond acceptors (Lipinski definition) is 9. The number of nitrogens with zero attached hydrogens (tertiary/aromatic N) is 6. The number of anilines is 2. The molecule has 0 saturated carbocycles. The van der Waals surface area contributed by atoms with E-state index in [0.29, 0.717) is 84.2 Å². The van der Waals surface area contributed by atoms with Crippen molar-refractivity contribution in [1.29, 1.82) is 5.26 Å². The van der Waals surface area contributed by atoms with E-state index in [4.69, 9.17) is 19.7 Å². The first-order valence-corrected chi connectivity index (χ1v) is 15.4. The summed E-state index contributed by atoms with van der Waals surface area (Å²) in [7, 11) is 3.73. The Bertz CT molecular complexity index is 1560. The van der Waals surface area contributed by atoms with Gasteiger partial charge >= 0.3 is 12.0 Å². The van der Waals surface area contributed by atoms with Gasteiger partial charge in [-0.15, -0.1) is 0 Å². The van der Waals surface area contributed by atoms with Crippen LogP contribution in [-0.2, 0) is 6.42 Å². The molecule has 1 aromatic heterocycles. The monoisotopic (exact) mass is 615 g/mol. The van der Waals surface area contributed by atoms with Crippen molar-refractivity contribution in [3.63, 3.8) is 0 Å². The first kappa shape index (κ1) is 31.8. The molecule has 0 spiro atoms. The molecule has 0 bridgehead atoms. The number of pyridine rings is 1. The Kier molecular flexibility index (Phi) is 10.2. The van der Waals surface area contributed by atoms with Gasteiger partial charge in [-0.25, -0.2) is 9.59 Å². The van der Waals surface area contributed by atoms with Crippen LogP contribution in [0.2, 0.25) is 0 Å². The van der Waals surface area contributed by atoms with Gasteiger partial charge in [0.1, 0.15) is 5.56 Å². The Morgan fingerprint density at radius 3 is 2.36 bits per heavy atom. The number of ether oxygens (including phenoxy) is 2. The van der Waals surface area contributed by atoms with E-state index in [1.54, 1.807) is 36.3 Å². The SMILES string of the molecule is CCc1nc2cc(OCCCN3CCN(C)CC3)c(OC)cc2c(N2CCN(C(=O)Nc3ccc(C#N)cc3)CC2)c1C(=O)O. The lowest BCUT2D eigenvalue weighted by atomic mass is 10.0. The maximum absolute atomic E-state index is 13.0. The number of piperazine rings is 2. The molecule has 3 aromatic rings. The third kappa shape index (κ3) is 7.38. The zero-order valence-corrected chi connectivity index (χ0v) is 26.2. The largest absolute Gasteiger partial charge is 0.493 e. The fourth-order valence-electron chi connectivity index (χ4n) is 5.89. The van der Waals surface area contributed by atoms with Gasteiger partial charge in [0, 0.05) is 76.0 Å². The highest BCUT2D eigenvalue weighted by atomic mass is 16.5. The van der Waals surface area contributed by atoms with Crippen molar-refractivity contribution in [2.24, 2.45) is 0 Å². The second-order valence-corrected chi connectivity index (χ2v) is 11.4. The van der Waals surface area contributed by atoms with Crippen molar-refractivity contribution in [2.75, 3.05) is 89.9 Å². The van der Waals surface area contributed by atoms with Crippen molar-refractivity contribution in [3.05, 3.63) is 53.2 Å². The molecule has 12 nitrogen and oxygen atoms in total. The Labute approximate surface area is 263 Å². The highest BCUT2D eigenvalue weighted by Gasteiger charge is 2.29. The van der Waals surface area contributed by atoms with Gasteiger partial charge in [-0.1, -0.05) is 6.92 Å². The third-order valence-corrected chi connectivity index (χ3v) is 8.49. The summed E-state index contributed by atoms with van der Waals surface area (Å²) in [6.07, 6.45) is 1.33. The Morgan fingerprint density at radius 2 is 1.73 bits per heavy atom. The number of aromatic nitrogens is 1. The van der Waals surface area contributed by atoms with Crippen LogP contribution in [0, 0.1) is 11.3 Å². The highest BCUT2D eigenvalue weighted by molar-refractivity contribution is 6.06. The van der Waals surface area contributed by atoms with E-state index < -0.39 is 5.97 Å². The van der Waals surface area contributed by atoms with Crippen molar-refractivity contribution in [2.45, 2.75) is 19.8 Å². The molecule has 2 aliphatic heterocycles. The summed E-state index contributed by atoms with van der Waals surface area (Å²) in [5, 5.41) is 22.9. The molecule has 3 heterocycles. The van der Waals surface area contributed by atoms with Gasteiger partial charge in [-0.3, -0.25) is 4.98 Å². The first-order valence-electron chi connectivity index (χ1n) is 15.4. The summed E-state index contributed by atoms with van der Waals surface area (Å²) in [6, 6.07) is 12.2. The number of methoxy groups -OCH3 is 1. The van der Waals surface area contributed by atoms with Gasteiger partial charge in [0.15, 0.2) is 11.5 Å². The minimum absolute atomic E-state index is 0.170. The minimum atomic E-state index is -1.04. The molecule has 0 radical (unpaired) electrons. The van der Waals surface area contributed by atoms with Crippen LogP contribution in [0.1, 0.15) is 35.0 Å². The molecule has 0 unspecified atom stereocenters. The number of likely N-dealkylation sites (N-methyl/N-ethyl adjacent to an activating group) is 1. The summed E-state index contributed by atoms with van der Waals surface area (Å²) in [5.74, 6) is 0.0582. The molecule has 45 heavy (non-hydrogen) atoms. The second-order valence-electron chi connectivity index (χ2n) is 11.4. The highest BCUT2D eigenvalue weighted by Crippen LogP contribution is 2.39. The van der Waals surface area contributed by atoms with E-state index in [0.717, 1.165) is 39.1 Å². The molecule has 2 aromatic carbocycles. The predicted octanol–water partition coefficient (Wildman–Crippen LogP) is 3.75. The molecule has 2 N–H and O–H groups in total. The maximum atomic E-state index is 13.0. The lowest BCUT2D eigenvalue weighted by Gasteiger charge is -2.37. The lowest BCUT2D eigenvalue weighted by molar-refractivity contribution is 0.0695. The normalized spacial score (nSPS) is 16.0. The zero-order chi connectivity index (χ0) is 31.9. The fourth-order valence-corrected chi connectivity index (χ4v) is 5.89. The number of urea groups is 1. The number of carbonyl (C=O) groups is 2.